The predicted molar refractivity (Wildman–Crippen MR) is 73.1 cm³/mol. The molecule has 0 aromatic rings. The highest BCUT2D eigenvalue weighted by Gasteiger charge is 2.17. The molecule has 0 rings (SSSR count). The zero-order chi connectivity index (χ0) is 11.0. The van der Waals surface area contributed by atoms with Crippen LogP contribution in [0.15, 0.2) is 0 Å². The molecule has 0 heterocycles. The highest BCUT2D eigenvalue weighted by Crippen LogP contribution is 2.14. The molecular weight excluding hydrogens is 334 g/mol. The van der Waals surface area contributed by atoms with E-state index in [1.165, 1.54) is 6.42 Å². The van der Waals surface area contributed by atoms with Gasteiger partial charge in [0.15, 0.2) is 0 Å². The van der Waals surface area contributed by atoms with E-state index in [2.05, 4.69) is 36.4 Å². The van der Waals surface area contributed by atoms with Gasteiger partial charge in [-0.2, -0.15) is 0 Å². The van der Waals surface area contributed by atoms with E-state index in [4.69, 9.17) is 27.9 Å². The Kier molecular flexibility index (Phi) is 10.4. The minimum absolute atomic E-state index is 0.0990. The first-order chi connectivity index (χ1) is 6.61. The van der Waals surface area contributed by atoms with E-state index in [0.29, 0.717) is 15.7 Å². The maximum Gasteiger partial charge on any atom is 0.0839 e. The van der Waals surface area contributed by atoms with Crippen LogP contribution in [0.2, 0.25) is 0 Å². The molecule has 0 radical (unpaired) electrons. The van der Waals surface area contributed by atoms with E-state index in [1.54, 1.807) is 0 Å². The van der Waals surface area contributed by atoms with E-state index in [9.17, 15) is 0 Å². The molecule has 0 aromatic carbocycles. The molecule has 0 N–H and O–H groups in total. The van der Waals surface area contributed by atoms with Gasteiger partial charge in [-0.3, -0.25) is 0 Å². The lowest BCUT2D eigenvalue weighted by molar-refractivity contribution is 0.0685. The van der Waals surface area contributed by atoms with Crippen LogP contribution in [0, 0.1) is 5.92 Å². The number of rotatable bonds is 8. The van der Waals surface area contributed by atoms with Crippen molar-refractivity contribution in [2.75, 3.05) is 18.4 Å². The van der Waals surface area contributed by atoms with Gasteiger partial charge in [0.25, 0.3) is 0 Å². The Labute approximate surface area is 111 Å². The van der Waals surface area contributed by atoms with Gasteiger partial charge >= 0.3 is 0 Å². The van der Waals surface area contributed by atoms with Crippen molar-refractivity contribution in [3.63, 3.8) is 0 Å². The molecule has 0 aromatic heterocycles. The van der Waals surface area contributed by atoms with Crippen molar-refractivity contribution in [3.8, 4) is 0 Å². The molecule has 0 saturated heterocycles. The zero-order valence-corrected chi connectivity index (χ0v) is 12.5. The second-order valence-electron chi connectivity index (χ2n) is 3.77. The Hall–Kier alpha value is 1.27. The van der Waals surface area contributed by atoms with Gasteiger partial charge in [0.05, 0.1) is 10.0 Å². The lowest BCUT2D eigenvalue weighted by Crippen LogP contribution is -2.27. The fourth-order valence-corrected chi connectivity index (χ4v) is 2.34. The largest absolute Gasteiger partial charge is 0.376 e. The van der Waals surface area contributed by atoms with Crippen molar-refractivity contribution >= 4 is 45.8 Å². The second-order valence-corrected chi connectivity index (χ2v) is 5.99. The quantitative estimate of drug-likeness (QED) is 0.363. The smallest absolute Gasteiger partial charge is 0.0839 e. The monoisotopic (exact) mass is 352 g/mol. The van der Waals surface area contributed by atoms with Gasteiger partial charge in [-0.15, -0.1) is 23.2 Å². The normalized spacial score (nSPS) is 15.9. The first-order valence-electron chi connectivity index (χ1n) is 4.99. The van der Waals surface area contributed by atoms with Gasteiger partial charge in [-0.1, -0.05) is 36.4 Å². The van der Waals surface area contributed by atoms with E-state index in [-0.39, 0.29) is 6.10 Å². The van der Waals surface area contributed by atoms with Crippen molar-refractivity contribution < 1.29 is 4.74 Å². The third-order valence-corrected chi connectivity index (χ3v) is 4.36. The van der Waals surface area contributed by atoms with Gasteiger partial charge in [0, 0.05) is 18.4 Å². The Balaban J connectivity index is 3.52. The highest BCUT2D eigenvalue weighted by molar-refractivity contribution is 14.1. The topological polar surface area (TPSA) is 9.23 Å². The van der Waals surface area contributed by atoms with Crippen molar-refractivity contribution in [2.45, 2.75) is 36.7 Å². The molecule has 0 bridgehead atoms. The number of hydrogen-bond donors (Lipinski definition) is 0. The third kappa shape index (κ3) is 7.55. The molecule has 4 heteroatoms. The minimum Gasteiger partial charge on any atom is -0.376 e. The molecule has 14 heavy (non-hydrogen) atoms. The predicted octanol–water partition coefficient (Wildman–Crippen LogP) is 4.09. The summed E-state index contributed by atoms with van der Waals surface area (Å²) in [6.45, 7) is 5.24. The molecule has 86 valence electrons. The van der Waals surface area contributed by atoms with Crippen molar-refractivity contribution in [1.82, 2.24) is 0 Å². The maximum absolute atomic E-state index is 5.79. The third-order valence-electron chi connectivity index (χ3n) is 1.96. The van der Waals surface area contributed by atoms with Crippen LogP contribution in [0.1, 0.15) is 26.7 Å². The number of halogens is 3. The molecule has 0 saturated carbocycles. The van der Waals surface area contributed by atoms with Crippen molar-refractivity contribution in [2.24, 2.45) is 5.92 Å². The standard InChI is InChI=1S/C10H19Cl2IO/c1-8(2)4-3-5-14-10(7-12)9(13)6-11/h8-10H,3-7H2,1-2H3. The van der Waals surface area contributed by atoms with Crippen LogP contribution in [0.5, 0.6) is 0 Å². The first-order valence-corrected chi connectivity index (χ1v) is 7.30. The molecule has 2 unspecified atom stereocenters. The summed E-state index contributed by atoms with van der Waals surface area (Å²) in [6.07, 6.45) is 2.42. The maximum atomic E-state index is 5.79. The van der Waals surface area contributed by atoms with Crippen LogP contribution in [0.4, 0.5) is 0 Å². The van der Waals surface area contributed by atoms with E-state index < -0.39 is 0 Å². The molecule has 2 atom stereocenters. The number of hydrogen-bond acceptors (Lipinski definition) is 1. The van der Waals surface area contributed by atoms with Crippen LogP contribution in [-0.4, -0.2) is 28.4 Å². The summed E-state index contributed by atoms with van der Waals surface area (Å²) in [5.41, 5.74) is 0. The molecule has 0 aliphatic rings. The summed E-state index contributed by atoms with van der Waals surface area (Å²) in [5, 5.41) is 0. The van der Waals surface area contributed by atoms with Gasteiger partial charge in [-0.25, -0.2) is 0 Å². The average molecular weight is 353 g/mol. The van der Waals surface area contributed by atoms with E-state index in [0.717, 1.165) is 18.9 Å². The van der Waals surface area contributed by atoms with Crippen LogP contribution in [0.3, 0.4) is 0 Å². The Morgan fingerprint density at radius 2 is 1.86 bits per heavy atom. The van der Waals surface area contributed by atoms with Crippen LogP contribution >= 0.6 is 45.8 Å². The summed E-state index contributed by atoms with van der Waals surface area (Å²) in [5.74, 6) is 1.88. The SMILES string of the molecule is CC(C)CCCOC(CCl)C(I)CCl. The van der Waals surface area contributed by atoms with Crippen molar-refractivity contribution in [3.05, 3.63) is 0 Å². The Morgan fingerprint density at radius 3 is 2.29 bits per heavy atom. The van der Waals surface area contributed by atoms with Crippen LogP contribution in [0.25, 0.3) is 0 Å². The highest BCUT2D eigenvalue weighted by atomic mass is 127. The van der Waals surface area contributed by atoms with Gasteiger partial charge in [-0.05, 0) is 18.8 Å². The summed E-state index contributed by atoms with van der Waals surface area (Å²) < 4.78 is 5.98. The summed E-state index contributed by atoms with van der Waals surface area (Å²) in [6, 6.07) is 0. The molecular formula is C10H19Cl2IO. The summed E-state index contributed by atoms with van der Waals surface area (Å²) in [4.78, 5) is 0. The van der Waals surface area contributed by atoms with Gasteiger partial charge in [0.1, 0.15) is 0 Å². The lowest BCUT2D eigenvalue weighted by Gasteiger charge is -2.19. The van der Waals surface area contributed by atoms with Crippen LogP contribution in [-0.2, 0) is 4.74 Å². The van der Waals surface area contributed by atoms with Gasteiger partial charge < -0.3 is 4.74 Å². The molecule has 0 amide bonds. The molecule has 0 spiro atoms. The lowest BCUT2D eigenvalue weighted by atomic mass is 10.1. The van der Waals surface area contributed by atoms with E-state index in [1.807, 2.05) is 0 Å². The van der Waals surface area contributed by atoms with E-state index >= 15 is 0 Å². The van der Waals surface area contributed by atoms with Gasteiger partial charge in [0.2, 0.25) is 0 Å². The first kappa shape index (κ1) is 15.3. The number of ether oxygens (including phenoxy) is 1. The average Bonchev–Trinajstić information content (AvgIpc) is 2.16. The molecule has 0 aliphatic carbocycles. The summed E-state index contributed by atoms with van der Waals surface area (Å²) >= 11 is 13.8. The van der Waals surface area contributed by atoms with Crippen LogP contribution < -0.4 is 0 Å². The summed E-state index contributed by atoms with van der Waals surface area (Å²) in [7, 11) is 0. The Morgan fingerprint density at radius 1 is 1.21 bits per heavy atom. The minimum atomic E-state index is 0.0990. The molecule has 1 nitrogen and oxygen atoms in total. The number of alkyl halides is 3. The molecule has 0 fully saturated rings. The fraction of sp³-hybridized carbons (Fsp3) is 1.00. The second kappa shape index (κ2) is 9.49. The Bertz CT molecular complexity index is 133. The fourth-order valence-electron chi connectivity index (χ4n) is 1.07. The zero-order valence-electron chi connectivity index (χ0n) is 8.81. The molecule has 0 aliphatic heterocycles. The van der Waals surface area contributed by atoms with Crippen molar-refractivity contribution in [1.29, 1.82) is 0 Å².